The Morgan fingerprint density at radius 2 is 2.08 bits per heavy atom. The van der Waals surface area contributed by atoms with E-state index in [4.69, 9.17) is 4.74 Å². The summed E-state index contributed by atoms with van der Waals surface area (Å²) >= 11 is 0. The SMILES string of the molecule is COc1nc(C)cc(C)c1CNC(=O)[C@@H]1CC(=O)N(C2CCCC2)C1. The predicted molar refractivity (Wildman–Crippen MR) is 94.2 cm³/mol. The van der Waals surface area contributed by atoms with Crippen molar-refractivity contribution in [1.29, 1.82) is 0 Å². The lowest BCUT2D eigenvalue weighted by Crippen LogP contribution is -2.36. The third kappa shape index (κ3) is 3.78. The van der Waals surface area contributed by atoms with Crippen LogP contribution in [0.5, 0.6) is 5.88 Å². The first-order valence-corrected chi connectivity index (χ1v) is 9.08. The third-order valence-corrected chi connectivity index (χ3v) is 5.36. The molecule has 1 aromatic heterocycles. The molecule has 0 unspecified atom stereocenters. The van der Waals surface area contributed by atoms with Crippen molar-refractivity contribution < 1.29 is 14.3 Å². The topological polar surface area (TPSA) is 71.5 Å². The van der Waals surface area contributed by atoms with Crippen LogP contribution < -0.4 is 10.1 Å². The van der Waals surface area contributed by atoms with Gasteiger partial charge in [0.05, 0.1) is 13.0 Å². The average Bonchev–Trinajstić information content (AvgIpc) is 3.22. The average molecular weight is 345 g/mol. The van der Waals surface area contributed by atoms with Crippen LogP contribution in [0.25, 0.3) is 0 Å². The second-order valence-corrected chi connectivity index (χ2v) is 7.17. The van der Waals surface area contributed by atoms with Crippen LogP contribution in [0.15, 0.2) is 6.07 Å². The number of aryl methyl sites for hydroxylation is 2. The van der Waals surface area contributed by atoms with Crippen LogP contribution in [-0.2, 0) is 16.1 Å². The largest absolute Gasteiger partial charge is 0.481 e. The van der Waals surface area contributed by atoms with Crippen LogP contribution in [-0.4, -0.2) is 41.4 Å². The standard InChI is InChI=1S/C19H27N3O3/c1-12-8-13(2)21-19(25-3)16(12)10-20-18(24)14-9-17(23)22(11-14)15-6-4-5-7-15/h8,14-15H,4-7,9-11H2,1-3H3,(H,20,24)/t14-/m1/s1. The number of aromatic nitrogens is 1. The van der Waals surface area contributed by atoms with Gasteiger partial charge in [0.2, 0.25) is 17.7 Å². The zero-order valence-electron chi connectivity index (χ0n) is 15.3. The van der Waals surface area contributed by atoms with Crippen molar-refractivity contribution in [3.63, 3.8) is 0 Å². The van der Waals surface area contributed by atoms with Gasteiger partial charge in [0.25, 0.3) is 0 Å². The summed E-state index contributed by atoms with van der Waals surface area (Å²) in [6, 6.07) is 2.32. The van der Waals surface area contributed by atoms with Crippen molar-refractivity contribution in [3.8, 4) is 5.88 Å². The van der Waals surface area contributed by atoms with Crippen molar-refractivity contribution in [2.24, 2.45) is 5.92 Å². The first kappa shape index (κ1) is 17.7. The lowest BCUT2D eigenvalue weighted by atomic mass is 10.1. The molecule has 2 aliphatic rings. The van der Waals surface area contributed by atoms with Gasteiger partial charge in [-0.15, -0.1) is 0 Å². The summed E-state index contributed by atoms with van der Waals surface area (Å²) in [5, 5.41) is 2.97. The molecular weight excluding hydrogens is 318 g/mol. The van der Waals surface area contributed by atoms with E-state index in [0.29, 0.717) is 31.4 Å². The number of ether oxygens (including phenoxy) is 1. The molecule has 1 saturated heterocycles. The van der Waals surface area contributed by atoms with Gasteiger partial charge in [-0.3, -0.25) is 9.59 Å². The van der Waals surface area contributed by atoms with Crippen LogP contribution in [0.4, 0.5) is 0 Å². The number of rotatable bonds is 5. The lowest BCUT2D eigenvalue weighted by molar-refractivity contribution is -0.130. The Morgan fingerprint density at radius 3 is 2.76 bits per heavy atom. The highest BCUT2D eigenvalue weighted by Crippen LogP contribution is 2.29. The van der Waals surface area contributed by atoms with E-state index in [1.54, 1.807) is 7.11 Å². The molecule has 0 aromatic carbocycles. The Kier molecular flexibility index (Phi) is 5.25. The summed E-state index contributed by atoms with van der Waals surface area (Å²) in [6.45, 7) is 4.83. The Morgan fingerprint density at radius 1 is 1.36 bits per heavy atom. The fourth-order valence-corrected chi connectivity index (χ4v) is 4.01. The Bertz CT molecular complexity index is 668. The molecule has 1 aliphatic heterocycles. The fourth-order valence-electron chi connectivity index (χ4n) is 4.01. The summed E-state index contributed by atoms with van der Waals surface area (Å²) in [5.41, 5.74) is 2.82. The second kappa shape index (κ2) is 7.42. The fraction of sp³-hybridized carbons (Fsp3) is 0.632. The molecule has 0 bridgehead atoms. The minimum Gasteiger partial charge on any atom is -0.481 e. The molecule has 2 fully saturated rings. The number of amides is 2. The number of methoxy groups -OCH3 is 1. The van der Waals surface area contributed by atoms with E-state index in [2.05, 4.69) is 10.3 Å². The van der Waals surface area contributed by atoms with E-state index in [9.17, 15) is 9.59 Å². The first-order valence-electron chi connectivity index (χ1n) is 9.08. The number of likely N-dealkylation sites (tertiary alicyclic amines) is 1. The molecule has 6 nitrogen and oxygen atoms in total. The number of hydrogen-bond acceptors (Lipinski definition) is 4. The van der Waals surface area contributed by atoms with E-state index in [1.807, 2.05) is 24.8 Å². The van der Waals surface area contributed by atoms with Crippen LogP contribution in [0, 0.1) is 19.8 Å². The quantitative estimate of drug-likeness (QED) is 0.887. The third-order valence-electron chi connectivity index (χ3n) is 5.36. The molecule has 25 heavy (non-hydrogen) atoms. The molecule has 136 valence electrons. The summed E-state index contributed by atoms with van der Waals surface area (Å²) in [7, 11) is 1.58. The van der Waals surface area contributed by atoms with Crippen molar-refractivity contribution >= 4 is 11.8 Å². The molecule has 3 rings (SSSR count). The Hall–Kier alpha value is -2.11. The molecule has 0 radical (unpaired) electrons. The monoisotopic (exact) mass is 345 g/mol. The highest BCUT2D eigenvalue weighted by atomic mass is 16.5. The molecule has 0 spiro atoms. The summed E-state index contributed by atoms with van der Waals surface area (Å²) in [6.07, 6.45) is 4.84. The van der Waals surface area contributed by atoms with Gasteiger partial charge < -0.3 is 15.0 Å². The van der Waals surface area contributed by atoms with Gasteiger partial charge in [-0.25, -0.2) is 4.98 Å². The summed E-state index contributed by atoms with van der Waals surface area (Å²) < 4.78 is 5.34. The van der Waals surface area contributed by atoms with Gasteiger partial charge in [0.15, 0.2) is 0 Å². The number of nitrogens with zero attached hydrogens (tertiary/aromatic N) is 2. The number of pyridine rings is 1. The number of nitrogens with one attached hydrogen (secondary N) is 1. The van der Waals surface area contributed by atoms with Gasteiger partial charge in [-0.2, -0.15) is 0 Å². The van der Waals surface area contributed by atoms with E-state index < -0.39 is 0 Å². The van der Waals surface area contributed by atoms with E-state index in [0.717, 1.165) is 29.7 Å². The maximum atomic E-state index is 12.6. The highest BCUT2D eigenvalue weighted by Gasteiger charge is 2.38. The maximum absolute atomic E-state index is 12.6. The minimum atomic E-state index is -0.252. The summed E-state index contributed by atoms with van der Waals surface area (Å²) in [5.74, 6) is 0.361. The van der Waals surface area contributed by atoms with Gasteiger partial charge in [-0.05, 0) is 38.3 Å². The molecule has 2 heterocycles. The molecule has 1 saturated carbocycles. The number of carbonyl (C=O) groups excluding carboxylic acids is 2. The van der Waals surface area contributed by atoms with Gasteiger partial charge >= 0.3 is 0 Å². The van der Waals surface area contributed by atoms with Gasteiger partial charge in [0.1, 0.15) is 0 Å². The van der Waals surface area contributed by atoms with Crippen molar-refractivity contribution in [2.45, 2.75) is 58.5 Å². The van der Waals surface area contributed by atoms with Crippen LogP contribution >= 0.6 is 0 Å². The number of hydrogen-bond donors (Lipinski definition) is 1. The first-order chi connectivity index (χ1) is 12.0. The molecule has 1 atom stereocenters. The van der Waals surface area contributed by atoms with E-state index >= 15 is 0 Å². The van der Waals surface area contributed by atoms with Crippen molar-refractivity contribution in [1.82, 2.24) is 15.2 Å². The zero-order chi connectivity index (χ0) is 18.0. The smallest absolute Gasteiger partial charge is 0.225 e. The predicted octanol–water partition coefficient (Wildman–Crippen LogP) is 2.11. The molecule has 1 aliphatic carbocycles. The van der Waals surface area contributed by atoms with Gasteiger partial charge in [0, 0.05) is 36.8 Å². The minimum absolute atomic E-state index is 0.0594. The molecule has 1 aromatic rings. The number of carbonyl (C=O) groups is 2. The van der Waals surface area contributed by atoms with Crippen LogP contribution in [0.2, 0.25) is 0 Å². The Labute approximate surface area is 148 Å². The maximum Gasteiger partial charge on any atom is 0.225 e. The molecule has 2 amide bonds. The lowest BCUT2D eigenvalue weighted by Gasteiger charge is -2.24. The molecular formula is C19H27N3O3. The van der Waals surface area contributed by atoms with Crippen molar-refractivity contribution in [2.75, 3.05) is 13.7 Å². The Balaban J connectivity index is 1.61. The van der Waals surface area contributed by atoms with Gasteiger partial charge in [-0.1, -0.05) is 12.8 Å². The normalized spacial score (nSPS) is 21.0. The van der Waals surface area contributed by atoms with Crippen LogP contribution in [0.3, 0.4) is 0 Å². The highest BCUT2D eigenvalue weighted by molar-refractivity contribution is 5.89. The molecule has 1 N–H and O–H groups in total. The zero-order valence-corrected chi connectivity index (χ0v) is 15.3. The van der Waals surface area contributed by atoms with Crippen LogP contribution in [0.1, 0.15) is 48.9 Å². The van der Waals surface area contributed by atoms with Crippen molar-refractivity contribution in [3.05, 3.63) is 22.9 Å². The second-order valence-electron chi connectivity index (χ2n) is 7.17. The molecule has 6 heteroatoms. The summed E-state index contributed by atoms with van der Waals surface area (Å²) in [4.78, 5) is 31.1. The van der Waals surface area contributed by atoms with E-state index in [1.165, 1.54) is 12.8 Å². The van der Waals surface area contributed by atoms with E-state index in [-0.39, 0.29) is 17.7 Å².